The number of aromatic nitrogens is 4. The fourth-order valence-corrected chi connectivity index (χ4v) is 2.45. The highest BCUT2D eigenvalue weighted by Gasteiger charge is 2.14. The Balaban J connectivity index is 1.85. The molecule has 4 aromatic rings. The second-order valence-corrected chi connectivity index (χ2v) is 4.92. The molecule has 0 aliphatic rings. The van der Waals surface area contributed by atoms with Gasteiger partial charge < -0.3 is 10.4 Å². The Labute approximate surface area is 126 Å². The number of rotatable bonds is 3. The normalized spacial score (nSPS) is 11.0. The van der Waals surface area contributed by atoms with Crippen LogP contribution in [0, 0.1) is 0 Å². The van der Waals surface area contributed by atoms with Crippen molar-refractivity contribution in [3.63, 3.8) is 0 Å². The lowest BCUT2D eigenvalue weighted by atomic mass is 10.3. The summed E-state index contributed by atoms with van der Waals surface area (Å²) in [4.78, 5) is 7.89. The largest absolute Gasteiger partial charge is 0.338 e. The third-order valence-corrected chi connectivity index (χ3v) is 3.52. The molecule has 22 heavy (non-hydrogen) atoms. The SMILES string of the molecule is NNc1nn(-c2ccccc2)cc1-c1nc2ccccc2[nH]1. The number of benzene rings is 2. The van der Waals surface area contributed by atoms with Crippen molar-refractivity contribution >= 4 is 16.9 Å². The number of H-pyrrole nitrogens is 1. The van der Waals surface area contributed by atoms with Crippen LogP contribution in [0.25, 0.3) is 28.1 Å². The molecule has 0 radical (unpaired) electrons. The van der Waals surface area contributed by atoms with E-state index in [9.17, 15) is 0 Å². The maximum atomic E-state index is 5.61. The summed E-state index contributed by atoms with van der Waals surface area (Å²) in [5.74, 6) is 6.91. The van der Waals surface area contributed by atoms with Gasteiger partial charge in [0.15, 0.2) is 5.82 Å². The lowest BCUT2D eigenvalue weighted by Gasteiger charge is -1.98. The molecule has 0 fully saturated rings. The van der Waals surface area contributed by atoms with E-state index in [-0.39, 0.29) is 0 Å². The number of aromatic amines is 1. The molecule has 2 heterocycles. The second kappa shape index (κ2) is 5.01. The van der Waals surface area contributed by atoms with E-state index in [1.54, 1.807) is 4.68 Å². The van der Waals surface area contributed by atoms with Crippen molar-refractivity contribution in [1.29, 1.82) is 0 Å². The summed E-state index contributed by atoms with van der Waals surface area (Å²) < 4.78 is 1.78. The topological polar surface area (TPSA) is 84.5 Å². The molecule has 0 bridgehead atoms. The number of nitrogens with one attached hydrogen (secondary N) is 2. The summed E-state index contributed by atoms with van der Waals surface area (Å²) in [6.07, 6.45) is 1.90. The molecule has 0 atom stereocenters. The Kier molecular flexibility index (Phi) is 2.87. The van der Waals surface area contributed by atoms with Gasteiger partial charge in [-0.1, -0.05) is 30.3 Å². The van der Waals surface area contributed by atoms with Crippen molar-refractivity contribution < 1.29 is 0 Å². The zero-order valence-electron chi connectivity index (χ0n) is 11.7. The van der Waals surface area contributed by atoms with Crippen LogP contribution in [-0.2, 0) is 0 Å². The molecule has 0 aliphatic carbocycles. The van der Waals surface area contributed by atoms with Gasteiger partial charge in [-0.2, -0.15) is 0 Å². The summed E-state index contributed by atoms with van der Waals surface area (Å²) in [5, 5.41) is 4.47. The van der Waals surface area contributed by atoms with Crippen LogP contribution >= 0.6 is 0 Å². The van der Waals surface area contributed by atoms with Crippen molar-refractivity contribution in [3.05, 3.63) is 60.8 Å². The molecule has 6 heteroatoms. The number of imidazole rings is 1. The highest BCUT2D eigenvalue weighted by Crippen LogP contribution is 2.27. The van der Waals surface area contributed by atoms with E-state index in [2.05, 4.69) is 20.5 Å². The smallest absolute Gasteiger partial charge is 0.173 e. The lowest BCUT2D eigenvalue weighted by Crippen LogP contribution is -2.09. The Morgan fingerprint density at radius 3 is 2.55 bits per heavy atom. The molecule has 4 rings (SSSR count). The van der Waals surface area contributed by atoms with Gasteiger partial charge in [-0.3, -0.25) is 0 Å². The van der Waals surface area contributed by atoms with Gasteiger partial charge in [0.25, 0.3) is 0 Å². The fourth-order valence-electron chi connectivity index (χ4n) is 2.45. The minimum atomic E-state index is 0.572. The number of hydrogen-bond acceptors (Lipinski definition) is 4. The number of anilines is 1. The van der Waals surface area contributed by atoms with Gasteiger partial charge in [0, 0.05) is 6.20 Å². The quantitative estimate of drug-likeness (QED) is 0.400. The monoisotopic (exact) mass is 290 g/mol. The van der Waals surface area contributed by atoms with E-state index in [0.717, 1.165) is 28.1 Å². The zero-order chi connectivity index (χ0) is 14.9. The first kappa shape index (κ1) is 12.6. The molecule has 2 aromatic carbocycles. The number of nitrogens with zero attached hydrogens (tertiary/aromatic N) is 3. The maximum Gasteiger partial charge on any atom is 0.173 e. The molecule has 108 valence electrons. The molecule has 0 saturated carbocycles. The number of para-hydroxylation sites is 3. The number of hydrogen-bond donors (Lipinski definition) is 3. The molecule has 0 saturated heterocycles. The van der Waals surface area contributed by atoms with Crippen LogP contribution in [0.2, 0.25) is 0 Å². The van der Waals surface area contributed by atoms with E-state index in [4.69, 9.17) is 5.84 Å². The third kappa shape index (κ3) is 2.02. The number of fused-ring (bicyclic) bond motifs is 1. The molecule has 4 N–H and O–H groups in total. The van der Waals surface area contributed by atoms with E-state index >= 15 is 0 Å². The van der Waals surface area contributed by atoms with E-state index in [1.165, 1.54) is 0 Å². The van der Waals surface area contributed by atoms with Crippen LogP contribution in [0.4, 0.5) is 5.82 Å². The Hall–Kier alpha value is -3.12. The van der Waals surface area contributed by atoms with Crippen molar-refractivity contribution in [2.75, 3.05) is 5.43 Å². The van der Waals surface area contributed by atoms with E-state index < -0.39 is 0 Å². The van der Waals surface area contributed by atoms with Gasteiger partial charge in [0.05, 0.1) is 22.3 Å². The van der Waals surface area contributed by atoms with Crippen LogP contribution in [-0.4, -0.2) is 19.7 Å². The van der Waals surface area contributed by atoms with Crippen molar-refractivity contribution in [1.82, 2.24) is 19.7 Å². The van der Waals surface area contributed by atoms with Crippen molar-refractivity contribution in [2.45, 2.75) is 0 Å². The van der Waals surface area contributed by atoms with Crippen molar-refractivity contribution in [3.8, 4) is 17.1 Å². The molecule has 0 unspecified atom stereocenters. The van der Waals surface area contributed by atoms with Crippen LogP contribution in [0.3, 0.4) is 0 Å². The average Bonchev–Trinajstić information content (AvgIpc) is 3.19. The fraction of sp³-hybridized carbons (Fsp3) is 0. The minimum Gasteiger partial charge on any atom is -0.338 e. The van der Waals surface area contributed by atoms with Gasteiger partial charge in [-0.25, -0.2) is 15.5 Å². The van der Waals surface area contributed by atoms with Crippen LogP contribution < -0.4 is 11.3 Å². The molecule has 0 amide bonds. The Morgan fingerprint density at radius 2 is 1.77 bits per heavy atom. The summed E-state index contributed by atoms with van der Waals surface area (Å²) in [7, 11) is 0. The number of nitrogen functional groups attached to an aromatic ring is 1. The van der Waals surface area contributed by atoms with Crippen LogP contribution in [0.5, 0.6) is 0 Å². The number of hydrazine groups is 1. The first-order chi connectivity index (χ1) is 10.8. The Morgan fingerprint density at radius 1 is 1.00 bits per heavy atom. The van der Waals surface area contributed by atoms with Crippen molar-refractivity contribution in [2.24, 2.45) is 5.84 Å². The van der Waals surface area contributed by atoms with Gasteiger partial charge >= 0.3 is 0 Å². The van der Waals surface area contributed by atoms with Gasteiger partial charge in [0.1, 0.15) is 5.82 Å². The Bertz CT molecular complexity index is 889. The summed E-state index contributed by atoms with van der Waals surface area (Å²) in [6, 6.07) is 17.7. The van der Waals surface area contributed by atoms with Crippen LogP contribution in [0.1, 0.15) is 0 Å². The lowest BCUT2D eigenvalue weighted by molar-refractivity contribution is 0.881. The van der Waals surface area contributed by atoms with Gasteiger partial charge in [-0.15, -0.1) is 5.10 Å². The molecule has 6 nitrogen and oxygen atoms in total. The minimum absolute atomic E-state index is 0.572. The van der Waals surface area contributed by atoms with E-state index in [1.807, 2.05) is 60.8 Å². The van der Waals surface area contributed by atoms with E-state index in [0.29, 0.717) is 5.82 Å². The van der Waals surface area contributed by atoms with Gasteiger partial charge in [0.2, 0.25) is 0 Å². The highest BCUT2D eigenvalue weighted by molar-refractivity contribution is 5.81. The average molecular weight is 290 g/mol. The van der Waals surface area contributed by atoms with Crippen LogP contribution in [0.15, 0.2) is 60.8 Å². The predicted octanol–water partition coefficient (Wildman–Crippen LogP) is 2.70. The highest BCUT2D eigenvalue weighted by atomic mass is 15.4. The zero-order valence-corrected chi connectivity index (χ0v) is 11.7. The third-order valence-electron chi connectivity index (χ3n) is 3.52. The van der Waals surface area contributed by atoms with Gasteiger partial charge in [-0.05, 0) is 24.3 Å². The molecule has 2 aromatic heterocycles. The summed E-state index contributed by atoms with van der Waals surface area (Å²) in [5.41, 5.74) is 6.31. The first-order valence-corrected chi connectivity index (χ1v) is 6.92. The maximum absolute atomic E-state index is 5.61. The molecular weight excluding hydrogens is 276 g/mol. The summed E-state index contributed by atoms with van der Waals surface area (Å²) >= 11 is 0. The number of nitrogens with two attached hydrogens (primary N) is 1. The second-order valence-electron chi connectivity index (χ2n) is 4.92. The first-order valence-electron chi connectivity index (χ1n) is 6.92. The predicted molar refractivity (Wildman–Crippen MR) is 86.5 cm³/mol. The molecular formula is C16H14N6. The molecule has 0 aliphatic heterocycles. The summed E-state index contributed by atoms with van der Waals surface area (Å²) in [6.45, 7) is 0. The standard InChI is InChI=1S/C16H14N6/c17-20-16-12(10-22(21-16)11-6-2-1-3-7-11)15-18-13-8-4-5-9-14(13)19-15/h1-10H,17H2,(H,18,19)(H,20,21). The molecule has 0 spiro atoms.